The van der Waals surface area contributed by atoms with Crippen molar-refractivity contribution < 1.29 is 13.2 Å². The molecule has 94 valence electrons. The van der Waals surface area contributed by atoms with Gasteiger partial charge in [0, 0.05) is 5.56 Å². The first kappa shape index (κ1) is 13.7. The molecular weight excluding hydrogens is 238 g/mol. The third kappa shape index (κ3) is 3.56. The second-order valence-electron chi connectivity index (χ2n) is 3.83. The Morgan fingerprint density at radius 3 is 2.41 bits per heavy atom. The van der Waals surface area contributed by atoms with Gasteiger partial charge >= 0.3 is 0 Å². The van der Waals surface area contributed by atoms with E-state index >= 15 is 0 Å². The number of carbonyl (C=O) groups is 1. The Morgan fingerprint density at radius 1 is 1.29 bits per heavy atom. The number of hydrogen-bond acceptors (Lipinski definition) is 3. The van der Waals surface area contributed by atoms with E-state index in [0.717, 1.165) is 17.5 Å². The number of rotatable bonds is 4. The lowest BCUT2D eigenvalue weighted by Gasteiger charge is -2.07. The number of sulfonamides is 1. The lowest BCUT2D eigenvalue weighted by Crippen LogP contribution is -2.31. The van der Waals surface area contributed by atoms with Crippen LogP contribution in [0.5, 0.6) is 0 Å². The van der Waals surface area contributed by atoms with Gasteiger partial charge in [-0.2, -0.15) is 0 Å². The number of aryl methyl sites for hydroxylation is 2. The highest BCUT2D eigenvalue weighted by molar-refractivity contribution is 7.90. The van der Waals surface area contributed by atoms with Gasteiger partial charge in [0.15, 0.2) is 0 Å². The summed E-state index contributed by atoms with van der Waals surface area (Å²) in [4.78, 5) is 11.7. The number of nitrogens with one attached hydrogen (secondary N) is 1. The zero-order valence-electron chi connectivity index (χ0n) is 10.3. The fourth-order valence-corrected chi connectivity index (χ4v) is 2.05. The van der Waals surface area contributed by atoms with Crippen molar-refractivity contribution in [3.05, 3.63) is 34.9 Å². The van der Waals surface area contributed by atoms with E-state index < -0.39 is 15.9 Å². The predicted octanol–water partition coefficient (Wildman–Crippen LogP) is 1.64. The molecule has 0 radical (unpaired) electrons. The van der Waals surface area contributed by atoms with Gasteiger partial charge in [-0.1, -0.05) is 13.0 Å². The van der Waals surface area contributed by atoms with Gasteiger partial charge < -0.3 is 0 Å². The molecule has 0 saturated carbocycles. The van der Waals surface area contributed by atoms with Gasteiger partial charge in [0.05, 0.1) is 5.75 Å². The Labute approximate surface area is 102 Å². The molecule has 17 heavy (non-hydrogen) atoms. The van der Waals surface area contributed by atoms with Crippen molar-refractivity contribution in [2.75, 3.05) is 5.75 Å². The first-order chi connectivity index (χ1) is 7.89. The molecule has 1 aromatic carbocycles. The molecule has 1 rings (SSSR count). The molecule has 1 N–H and O–H groups in total. The maximum atomic E-state index is 11.7. The van der Waals surface area contributed by atoms with Crippen LogP contribution in [0.1, 0.15) is 35.3 Å². The fourth-order valence-electron chi connectivity index (χ4n) is 1.51. The molecule has 0 aliphatic heterocycles. The summed E-state index contributed by atoms with van der Waals surface area (Å²) in [6.07, 6.45) is 0.890. The van der Waals surface area contributed by atoms with Gasteiger partial charge in [-0.3, -0.25) is 4.79 Å². The molecule has 1 amide bonds. The fraction of sp³-hybridized carbons (Fsp3) is 0.417. The minimum atomic E-state index is -3.49. The molecular formula is C12H17NO3S. The van der Waals surface area contributed by atoms with E-state index in [-0.39, 0.29) is 5.75 Å². The Morgan fingerprint density at radius 2 is 1.94 bits per heavy atom. The van der Waals surface area contributed by atoms with E-state index in [1.54, 1.807) is 12.1 Å². The number of benzene rings is 1. The summed E-state index contributed by atoms with van der Waals surface area (Å²) in [5.41, 5.74) is 2.52. The van der Waals surface area contributed by atoms with Crippen LogP contribution in [-0.4, -0.2) is 20.1 Å². The van der Waals surface area contributed by atoms with Crippen molar-refractivity contribution in [3.8, 4) is 0 Å². The molecule has 0 spiro atoms. The van der Waals surface area contributed by atoms with Gasteiger partial charge in [-0.25, -0.2) is 13.1 Å². The molecule has 0 fully saturated rings. The molecule has 0 saturated heterocycles. The maximum absolute atomic E-state index is 11.7. The normalized spacial score (nSPS) is 11.2. The first-order valence-corrected chi connectivity index (χ1v) is 7.19. The average molecular weight is 255 g/mol. The lowest BCUT2D eigenvalue weighted by molar-refractivity contribution is 0.0981. The van der Waals surface area contributed by atoms with E-state index in [2.05, 4.69) is 0 Å². The summed E-state index contributed by atoms with van der Waals surface area (Å²) in [6.45, 7) is 5.43. The van der Waals surface area contributed by atoms with Crippen molar-refractivity contribution in [3.63, 3.8) is 0 Å². The van der Waals surface area contributed by atoms with Crippen molar-refractivity contribution in [2.24, 2.45) is 0 Å². The molecule has 0 bridgehead atoms. The topological polar surface area (TPSA) is 63.2 Å². The maximum Gasteiger partial charge on any atom is 0.264 e. The van der Waals surface area contributed by atoms with E-state index in [4.69, 9.17) is 0 Å². The van der Waals surface area contributed by atoms with Crippen LogP contribution in [0.15, 0.2) is 18.2 Å². The average Bonchev–Trinajstić information content (AvgIpc) is 2.28. The minimum absolute atomic E-state index is 0.106. The highest BCUT2D eigenvalue weighted by Crippen LogP contribution is 2.11. The van der Waals surface area contributed by atoms with E-state index in [0.29, 0.717) is 5.56 Å². The number of hydrogen-bond donors (Lipinski definition) is 1. The van der Waals surface area contributed by atoms with E-state index in [1.165, 1.54) is 6.92 Å². The van der Waals surface area contributed by atoms with Crippen LogP contribution in [0.4, 0.5) is 0 Å². The summed E-state index contributed by atoms with van der Waals surface area (Å²) in [7, 11) is -3.49. The van der Waals surface area contributed by atoms with Gasteiger partial charge in [0.2, 0.25) is 10.0 Å². The molecule has 4 nitrogen and oxygen atoms in total. The van der Waals surface area contributed by atoms with Crippen molar-refractivity contribution >= 4 is 15.9 Å². The third-order valence-electron chi connectivity index (χ3n) is 2.61. The van der Waals surface area contributed by atoms with Crippen LogP contribution in [0, 0.1) is 6.92 Å². The smallest absolute Gasteiger partial charge is 0.264 e. The highest BCUT2D eigenvalue weighted by Gasteiger charge is 2.14. The van der Waals surface area contributed by atoms with Gasteiger partial charge in [-0.15, -0.1) is 0 Å². The zero-order chi connectivity index (χ0) is 13.1. The largest absolute Gasteiger partial charge is 0.268 e. The van der Waals surface area contributed by atoms with Gasteiger partial charge in [-0.05, 0) is 43.5 Å². The number of amides is 1. The van der Waals surface area contributed by atoms with Gasteiger partial charge in [0.1, 0.15) is 0 Å². The van der Waals surface area contributed by atoms with Crippen molar-refractivity contribution in [1.82, 2.24) is 4.72 Å². The lowest BCUT2D eigenvalue weighted by atomic mass is 10.0. The number of carbonyl (C=O) groups excluding carboxylic acids is 1. The SMILES string of the molecule is CCc1ccc(C(=O)NS(=O)(=O)CC)cc1C. The van der Waals surface area contributed by atoms with Crippen LogP contribution >= 0.6 is 0 Å². The molecule has 0 aromatic heterocycles. The monoisotopic (exact) mass is 255 g/mol. The molecule has 0 atom stereocenters. The predicted molar refractivity (Wildman–Crippen MR) is 67.5 cm³/mol. The van der Waals surface area contributed by atoms with Crippen molar-refractivity contribution in [1.29, 1.82) is 0 Å². The summed E-state index contributed by atoms with van der Waals surface area (Å²) >= 11 is 0. The van der Waals surface area contributed by atoms with Crippen LogP contribution < -0.4 is 4.72 Å². The molecule has 0 heterocycles. The molecule has 1 aromatic rings. The van der Waals surface area contributed by atoms with Gasteiger partial charge in [0.25, 0.3) is 5.91 Å². The Balaban J connectivity index is 2.95. The Kier molecular flexibility index (Phi) is 4.28. The standard InChI is InChI=1S/C12H17NO3S/c1-4-10-6-7-11(8-9(10)3)12(14)13-17(15,16)5-2/h6-8H,4-5H2,1-3H3,(H,13,14). The highest BCUT2D eigenvalue weighted by atomic mass is 32.2. The molecule has 0 aliphatic rings. The molecule has 0 unspecified atom stereocenters. The second kappa shape index (κ2) is 5.31. The molecule has 5 heteroatoms. The molecule has 0 aliphatic carbocycles. The summed E-state index contributed by atoms with van der Waals surface area (Å²) in [6, 6.07) is 5.20. The van der Waals surface area contributed by atoms with Crippen LogP contribution in [0.3, 0.4) is 0 Å². The summed E-state index contributed by atoms with van der Waals surface area (Å²) in [5.74, 6) is -0.678. The van der Waals surface area contributed by atoms with Crippen LogP contribution in [-0.2, 0) is 16.4 Å². The van der Waals surface area contributed by atoms with Crippen molar-refractivity contribution in [2.45, 2.75) is 27.2 Å². The summed E-state index contributed by atoms with van der Waals surface area (Å²) < 4.78 is 24.5. The third-order valence-corrected chi connectivity index (χ3v) is 3.87. The van der Waals surface area contributed by atoms with E-state index in [9.17, 15) is 13.2 Å². The van der Waals surface area contributed by atoms with Crippen LogP contribution in [0.25, 0.3) is 0 Å². The zero-order valence-corrected chi connectivity index (χ0v) is 11.1. The summed E-state index contributed by atoms with van der Waals surface area (Å²) in [5, 5.41) is 0. The Hall–Kier alpha value is -1.36. The minimum Gasteiger partial charge on any atom is -0.268 e. The second-order valence-corrected chi connectivity index (χ2v) is 5.84. The van der Waals surface area contributed by atoms with E-state index in [1.807, 2.05) is 24.6 Å². The van der Waals surface area contributed by atoms with Crippen LogP contribution in [0.2, 0.25) is 0 Å². The Bertz CT molecular complexity index is 521. The quantitative estimate of drug-likeness (QED) is 0.889. The first-order valence-electron chi connectivity index (χ1n) is 5.54.